The lowest BCUT2D eigenvalue weighted by Gasteiger charge is -2.36. The molecule has 134 valence electrons. The lowest BCUT2D eigenvalue weighted by atomic mass is 10.1. The average molecular weight is 477 g/mol. The maximum Gasteiger partial charge on any atom is 0.256 e. The highest BCUT2D eigenvalue weighted by molar-refractivity contribution is 9.13. The van der Waals surface area contributed by atoms with E-state index in [0.717, 1.165) is 51.6 Å². The Bertz CT molecular complexity index is 974. The van der Waals surface area contributed by atoms with E-state index in [-0.39, 0.29) is 5.91 Å². The molecule has 3 aromatic rings. The van der Waals surface area contributed by atoms with Crippen LogP contribution in [0.1, 0.15) is 15.9 Å². The van der Waals surface area contributed by atoms with E-state index < -0.39 is 0 Å². The van der Waals surface area contributed by atoms with Gasteiger partial charge in [0.1, 0.15) is 0 Å². The number of fused-ring (bicyclic) bond motifs is 1. The van der Waals surface area contributed by atoms with Crippen molar-refractivity contribution in [1.29, 1.82) is 0 Å². The molecule has 2 aromatic carbocycles. The molecule has 4 rings (SSSR count). The molecule has 0 aliphatic carbocycles. The van der Waals surface area contributed by atoms with E-state index in [9.17, 15) is 4.79 Å². The van der Waals surface area contributed by atoms with Crippen LogP contribution >= 0.6 is 31.9 Å². The van der Waals surface area contributed by atoms with Gasteiger partial charge in [0.2, 0.25) is 0 Å². The summed E-state index contributed by atoms with van der Waals surface area (Å²) in [7, 11) is 0. The van der Waals surface area contributed by atoms with Crippen molar-refractivity contribution >= 4 is 54.4 Å². The standard InChI is InChI=1S/C20H19Br2N3O/c1-13-3-2-4-14(9-13)24-5-7-25(8-6-24)20(26)16-12-23-19-11-18(22)17(21)10-15(16)19/h2-4,9-12,23H,5-8H2,1H3. The fraction of sp³-hybridized carbons (Fsp3) is 0.250. The summed E-state index contributed by atoms with van der Waals surface area (Å²) < 4.78 is 1.92. The number of H-pyrrole nitrogens is 1. The number of hydrogen-bond donors (Lipinski definition) is 1. The van der Waals surface area contributed by atoms with Crippen LogP contribution in [-0.2, 0) is 0 Å². The third-order valence-corrected chi connectivity index (χ3v) is 6.73. The largest absolute Gasteiger partial charge is 0.368 e. The Morgan fingerprint density at radius 3 is 2.50 bits per heavy atom. The number of rotatable bonds is 2. The molecule has 0 spiro atoms. The molecule has 1 aliphatic rings. The van der Waals surface area contributed by atoms with Crippen LogP contribution in [0.25, 0.3) is 10.9 Å². The number of carbonyl (C=O) groups is 1. The van der Waals surface area contributed by atoms with Gasteiger partial charge in [-0.3, -0.25) is 4.79 Å². The Morgan fingerprint density at radius 2 is 1.77 bits per heavy atom. The van der Waals surface area contributed by atoms with Gasteiger partial charge in [0.15, 0.2) is 0 Å². The molecule has 4 nitrogen and oxygen atoms in total. The summed E-state index contributed by atoms with van der Waals surface area (Å²) in [6.07, 6.45) is 1.82. The molecule has 2 heterocycles. The molecule has 1 saturated heterocycles. The maximum atomic E-state index is 13.0. The summed E-state index contributed by atoms with van der Waals surface area (Å²) in [5.41, 5.74) is 4.19. The van der Waals surface area contributed by atoms with Gasteiger partial charge in [-0.15, -0.1) is 0 Å². The third kappa shape index (κ3) is 3.28. The predicted octanol–water partition coefficient (Wildman–Crippen LogP) is 4.96. The molecular formula is C20H19Br2N3O. The van der Waals surface area contributed by atoms with Gasteiger partial charge in [0.25, 0.3) is 5.91 Å². The monoisotopic (exact) mass is 475 g/mol. The lowest BCUT2D eigenvalue weighted by molar-refractivity contribution is 0.0749. The number of piperazine rings is 1. The normalized spacial score (nSPS) is 14.9. The molecule has 6 heteroatoms. The van der Waals surface area contributed by atoms with Crippen molar-refractivity contribution in [2.24, 2.45) is 0 Å². The molecule has 1 fully saturated rings. The van der Waals surface area contributed by atoms with Crippen LogP contribution in [-0.4, -0.2) is 42.0 Å². The van der Waals surface area contributed by atoms with Gasteiger partial charge in [-0.1, -0.05) is 12.1 Å². The van der Waals surface area contributed by atoms with Crippen molar-refractivity contribution in [2.75, 3.05) is 31.1 Å². The molecule has 0 bridgehead atoms. The number of benzene rings is 2. The zero-order valence-corrected chi connectivity index (χ0v) is 17.6. The maximum absolute atomic E-state index is 13.0. The highest BCUT2D eigenvalue weighted by Gasteiger charge is 2.24. The molecule has 1 aromatic heterocycles. The van der Waals surface area contributed by atoms with Crippen LogP contribution in [0.4, 0.5) is 5.69 Å². The van der Waals surface area contributed by atoms with E-state index in [1.807, 2.05) is 23.2 Å². The van der Waals surface area contributed by atoms with Gasteiger partial charge in [-0.05, 0) is 68.6 Å². The van der Waals surface area contributed by atoms with Crippen molar-refractivity contribution in [3.63, 3.8) is 0 Å². The Balaban J connectivity index is 1.51. The molecule has 0 saturated carbocycles. The Kier molecular flexibility index (Phi) is 4.80. The van der Waals surface area contributed by atoms with Crippen LogP contribution in [0.15, 0.2) is 51.5 Å². The first-order chi connectivity index (χ1) is 12.5. The number of hydrogen-bond acceptors (Lipinski definition) is 2. The van der Waals surface area contributed by atoms with Crippen molar-refractivity contribution < 1.29 is 4.79 Å². The summed E-state index contributed by atoms with van der Waals surface area (Å²) in [6.45, 7) is 5.28. The smallest absolute Gasteiger partial charge is 0.256 e. The topological polar surface area (TPSA) is 39.3 Å². The number of aryl methyl sites for hydroxylation is 1. The third-order valence-electron chi connectivity index (χ3n) is 4.89. The lowest BCUT2D eigenvalue weighted by Crippen LogP contribution is -2.48. The number of amides is 1. The van der Waals surface area contributed by atoms with Crippen LogP contribution < -0.4 is 4.90 Å². The first kappa shape index (κ1) is 17.6. The van der Waals surface area contributed by atoms with Gasteiger partial charge < -0.3 is 14.8 Å². The second kappa shape index (κ2) is 7.08. The minimum Gasteiger partial charge on any atom is -0.368 e. The summed E-state index contributed by atoms with van der Waals surface area (Å²) in [6, 6.07) is 12.5. The van der Waals surface area contributed by atoms with Crippen LogP contribution in [0.3, 0.4) is 0 Å². The second-order valence-electron chi connectivity index (χ2n) is 6.63. The Labute approximate surface area is 169 Å². The van der Waals surface area contributed by atoms with E-state index in [2.05, 4.69) is 72.9 Å². The molecule has 1 N–H and O–H groups in total. The molecular weight excluding hydrogens is 458 g/mol. The van der Waals surface area contributed by atoms with Crippen molar-refractivity contribution in [3.05, 3.63) is 62.7 Å². The zero-order chi connectivity index (χ0) is 18.3. The Hall–Kier alpha value is -1.79. The minimum absolute atomic E-state index is 0.0920. The first-order valence-corrected chi connectivity index (χ1v) is 10.2. The highest BCUT2D eigenvalue weighted by Crippen LogP contribution is 2.30. The summed E-state index contributed by atoms with van der Waals surface area (Å²) in [5, 5.41) is 0.950. The van der Waals surface area contributed by atoms with E-state index >= 15 is 0 Å². The van der Waals surface area contributed by atoms with E-state index in [0.29, 0.717) is 0 Å². The van der Waals surface area contributed by atoms with Crippen molar-refractivity contribution in [2.45, 2.75) is 6.92 Å². The summed E-state index contributed by atoms with van der Waals surface area (Å²) >= 11 is 7.03. The molecule has 0 atom stereocenters. The van der Waals surface area contributed by atoms with Gasteiger partial charge in [0.05, 0.1) is 5.56 Å². The molecule has 1 aliphatic heterocycles. The van der Waals surface area contributed by atoms with E-state index in [4.69, 9.17) is 0 Å². The highest BCUT2D eigenvalue weighted by atomic mass is 79.9. The number of anilines is 1. The minimum atomic E-state index is 0.0920. The van der Waals surface area contributed by atoms with E-state index in [1.165, 1.54) is 11.3 Å². The van der Waals surface area contributed by atoms with Gasteiger partial charge >= 0.3 is 0 Å². The van der Waals surface area contributed by atoms with Crippen LogP contribution in [0, 0.1) is 6.92 Å². The summed E-state index contributed by atoms with van der Waals surface area (Å²) in [4.78, 5) is 20.5. The molecule has 0 radical (unpaired) electrons. The number of aromatic amines is 1. The molecule has 1 amide bonds. The molecule has 0 unspecified atom stereocenters. The van der Waals surface area contributed by atoms with Crippen LogP contribution in [0.5, 0.6) is 0 Å². The van der Waals surface area contributed by atoms with Crippen molar-refractivity contribution in [1.82, 2.24) is 9.88 Å². The number of carbonyl (C=O) groups excluding carboxylic acids is 1. The number of aromatic nitrogens is 1. The van der Waals surface area contributed by atoms with Gasteiger partial charge in [-0.2, -0.15) is 0 Å². The number of halogens is 2. The predicted molar refractivity (Wildman–Crippen MR) is 113 cm³/mol. The number of nitrogens with zero attached hydrogens (tertiary/aromatic N) is 2. The Morgan fingerprint density at radius 1 is 1.04 bits per heavy atom. The second-order valence-corrected chi connectivity index (χ2v) is 8.34. The molecule has 26 heavy (non-hydrogen) atoms. The van der Waals surface area contributed by atoms with Crippen LogP contribution in [0.2, 0.25) is 0 Å². The first-order valence-electron chi connectivity index (χ1n) is 8.60. The van der Waals surface area contributed by atoms with Crippen molar-refractivity contribution in [3.8, 4) is 0 Å². The van der Waals surface area contributed by atoms with Gasteiger partial charge in [0, 0.05) is 57.9 Å². The quantitative estimate of drug-likeness (QED) is 0.567. The SMILES string of the molecule is Cc1cccc(N2CCN(C(=O)c3c[nH]c4cc(Br)c(Br)cc34)CC2)c1. The average Bonchev–Trinajstić information content (AvgIpc) is 3.04. The fourth-order valence-electron chi connectivity index (χ4n) is 3.46. The van der Waals surface area contributed by atoms with Gasteiger partial charge in [-0.25, -0.2) is 0 Å². The fourth-order valence-corrected chi connectivity index (χ4v) is 4.14. The zero-order valence-electron chi connectivity index (χ0n) is 14.4. The summed E-state index contributed by atoms with van der Waals surface area (Å²) in [5.74, 6) is 0.0920. The number of nitrogens with one attached hydrogen (secondary N) is 1. The van der Waals surface area contributed by atoms with E-state index in [1.54, 1.807) is 0 Å².